The molecule has 0 aromatic heterocycles. The summed E-state index contributed by atoms with van der Waals surface area (Å²) in [7, 11) is 0. The van der Waals surface area contributed by atoms with Crippen LogP contribution < -0.4 is 10.7 Å². The fourth-order valence-corrected chi connectivity index (χ4v) is 5.50. The van der Waals surface area contributed by atoms with E-state index in [0.29, 0.717) is 11.3 Å². The van der Waals surface area contributed by atoms with Crippen molar-refractivity contribution in [3.63, 3.8) is 0 Å². The summed E-state index contributed by atoms with van der Waals surface area (Å²) >= 11 is 0. The highest BCUT2D eigenvalue weighted by atomic mass is 16.1. The van der Waals surface area contributed by atoms with Crippen LogP contribution >= 0.6 is 0 Å². The average Bonchev–Trinajstić information content (AvgIpc) is 2.61. The van der Waals surface area contributed by atoms with Crippen molar-refractivity contribution in [1.29, 1.82) is 10.5 Å². The lowest BCUT2D eigenvalue weighted by Gasteiger charge is -2.56. The highest BCUT2D eigenvalue weighted by Crippen LogP contribution is 2.55. The van der Waals surface area contributed by atoms with Crippen LogP contribution in [0.5, 0.6) is 0 Å². The molecule has 4 saturated carbocycles. The highest BCUT2D eigenvalue weighted by molar-refractivity contribution is 6.10. The molecule has 4 bridgehead atoms. The summed E-state index contributed by atoms with van der Waals surface area (Å²) in [4.78, 5) is 12.9. The Bertz CT molecular complexity index is 793. The van der Waals surface area contributed by atoms with E-state index >= 15 is 0 Å². The van der Waals surface area contributed by atoms with Crippen LogP contribution in [-0.2, 0) is 0 Å². The number of hydrogen-bond acceptors (Lipinski definition) is 5. The zero-order chi connectivity index (χ0) is 18.1. The monoisotopic (exact) mass is 347 g/mol. The first-order chi connectivity index (χ1) is 12.6. The maximum Gasteiger partial charge on any atom is 0.251 e. The van der Waals surface area contributed by atoms with E-state index in [4.69, 9.17) is 10.5 Å². The van der Waals surface area contributed by atoms with Gasteiger partial charge in [-0.2, -0.15) is 15.6 Å². The number of carbonyl (C=O) groups is 1. The summed E-state index contributed by atoms with van der Waals surface area (Å²) in [5.41, 5.74) is 3.52. The van der Waals surface area contributed by atoms with Gasteiger partial charge in [-0.15, -0.1) is 0 Å². The molecule has 1 amide bonds. The molecule has 0 aliphatic heterocycles. The maximum absolute atomic E-state index is 12.9. The lowest BCUT2D eigenvalue weighted by atomic mass is 9.53. The first kappa shape index (κ1) is 16.6. The third kappa shape index (κ3) is 3.15. The number of nitrogens with zero attached hydrogens (tertiary/aromatic N) is 3. The Morgan fingerprint density at radius 2 is 1.69 bits per heavy atom. The minimum atomic E-state index is -0.256. The number of hydrogen-bond donors (Lipinski definition) is 2. The van der Waals surface area contributed by atoms with Crippen LogP contribution in [0.15, 0.2) is 29.4 Å². The van der Waals surface area contributed by atoms with Gasteiger partial charge in [-0.1, -0.05) is 6.07 Å². The topological polar surface area (TPSA) is 101 Å². The molecule has 0 spiro atoms. The molecule has 1 aromatic rings. The maximum atomic E-state index is 12.9. The van der Waals surface area contributed by atoms with Gasteiger partial charge in [-0.05, 0) is 74.5 Å². The second kappa shape index (κ2) is 6.46. The van der Waals surface area contributed by atoms with Crippen LogP contribution in [-0.4, -0.2) is 17.2 Å². The van der Waals surface area contributed by atoms with Gasteiger partial charge in [0, 0.05) is 11.1 Å². The van der Waals surface area contributed by atoms with Gasteiger partial charge in [0.2, 0.25) is 5.71 Å². The molecule has 26 heavy (non-hydrogen) atoms. The van der Waals surface area contributed by atoms with E-state index in [2.05, 4.69) is 15.8 Å². The van der Waals surface area contributed by atoms with Crippen molar-refractivity contribution in [3.05, 3.63) is 29.8 Å². The van der Waals surface area contributed by atoms with Gasteiger partial charge in [0.1, 0.15) is 12.1 Å². The van der Waals surface area contributed by atoms with Crippen LogP contribution in [0.2, 0.25) is 0 Å². The van der Waals surface area contributed by atoms with Gasteiger partial charge in [0.15, 0.2) is 0 Å². The van der Waals surface area contributed by atoms with Gasteiger partial charge in [0.25, 0.3) is 5.91 Å². The molecule has 132 valence electrons. The van der Waals surface area contributed by atoms with E-state index in [1.807, 2.05) is 0 Å². The first-order valence-corrected chi connectivity index (χ1v) is 9.15. The quantitative estimate of drug-likeness (QED) is 0.645. The smallest absolute Gasteiger partial charge is 0.251 e. The van der Waals surface area contributed by atoms with E-state index in [-0.39, 0.29) is 17.2 Å². The van der Waals surface area contributed by atoms with Crippen LogP contribution in [0.4, 0.5) is 5.69 Å². The average molecular weight is 347 g/mol. The van der Waals surface area contributed by atoms with Crippen molar-refractivity contribution in [2.45, 2.75) is 44.1 Å². The number of benzene rings is 1. The molecule has 4 aliphatic carbocycles. The van der Waals surface area contributed by atoms with Gasteiger partial charge in [-0.3, -0.25) is 10.2 Å². The normalized spacial score (nSPS) is 30.8. The van der Waals surface area contributed by atoms with Crippen molar-refractivity contribution < 1.29 is 4.79 Å². The lowest BCUT2D eigenvalue weighted by molar-refractivity contribution is -0.0167. The predicted molar refractivity (Wildman–Crippen MR) is 97.1 cm³/mol. The number of carbonyl (C=O) groups excluding carboxylic acids is 1. The Labute approximate surface area is 152 Å². The molecular formula is C20H21N5O. The molecule has 2 N–H and O–H groups in total. The van der Waals surface area contributed by atoms with E-state index in [0.717, 1.165) is 37.0 Å². The molecule has 0 radical (unpaired) electrons. The van der Waals surface area contributed by atoms with Crippen LogP contribution in [0.3, 0.4) is 0 Å². The first-order valence-electron chi connectivity index (χ1n) is 9.15. The standard InChI is InChI=1S/C20H21N5O/c21-11-18(12-22)25-24-17-3-1-2-16(7-17)19(26)23-20-8-13-4-14(9-20)6-15(5-13)10-20/h1-3,7,13-15,24H,4-6,8-10H2,(H,23,26). The minimum Gasteiger partial charge on any atom is -0.347 e. The Balaban J connectivity index is 1.47. The third-order valence-corrected chi connectivity index (χ3v) is 6.05. The van der Waals surface area contributed by atoms with Crippen molar-refractivity contribution >= 4 is 17.3 Å². The predicted octanol–water partition coefficient (Wildman–Crippen LogP) is 3.20. The summed E-state index contributed by atoms with van der Waals surface area (Å²) in [6.07, 6.45) is 7.36. The number of nitriles is 2. The molecule has 0 saturated heterocycles. The molecule has 6 heteroatoms. The number of anilines is 1. The highest BCUT2D eigenvalue weighted by Gasteiger charge is 2.51. The summed E-state index contributed by atoms with van der Waals surface area (Å²) in [5, 5.41) is 24.5. The van der Waals surface area contributed by atoms with Crippen molar-refractivity contribution in [2.24, 2.45) is 22.9 Å². The molecule has 5 rings (SSSR count). The molecule has 4 fully saturated rings. The summed E-state index contributed by atoms with van der Waals surface area (Å²) in [6, 6.07) is 10.4. The van der Waals surface area contributed by atoms with Crippen LogP contribution in [0, 0.1) is 40.4 Å². The molecule has 0 heterocycles. The third-order valence-electron chi connectivity index (χ3n) is 6.05. The second-order valence-electron chi connectivity index (χ2n) is 8.03. The summed E-state index contributed by atoms with van der Waals surface area (Å²) < 4.78 is 0. The van der Waals surface area contributed by atoms with Crippen molar-refractivity contribution in [3.8, 4) is 12.1 Å². The minimum absolute atomic E-state index is 0.0256. The van der Waals surface area contributed by atoms with E-state index in [9.17, 15) is 4.79 Å². The lowest BCUT2D eigenvalue weighted by Crippen LogP contribution is -2.59. The molecule has 4 aliphatic rings. The zero-order valence-corrected chi connectivity index (χ0v) is 14.5. The summed E-state index contributed by atoms with van der Waals surface area (Å²) in [5.74, 6) is 2.28. The van der Waals surface area contributed by atoms with Crippen molar-refractivity contribution in [2.75, 3.05) is 5.43 Å². The number of amides is 1. The Morgan fingerprint density at radius 1 is 1.08 bits per heavy atom. The molecule has 6 nitrogen and oxygen atoms in total. The van der Waals surface area contributed by atoms with Crippen molar-refractivity contribution in [1.82, 2.24) is 5.32 Å². The zero-order valence-electron chi connectivity index (χ0n) is 14.5. The van der Waals surface area contributed by atoms with E-state index in [1.165, 1.54) is 19.3 Å². The summed E-state index contributed by atoms with van der Waals surface area (Å²) in [6.45, 7) is 0. The van der Waals surface area contributed by atoms with Crippen LogP contribution in [0.25, 0.3) is 0 Å². The van der Waals surface area contributed by atoms with Crippen LogP contribution in [0.1, 0.15) is 48.9 Å². The Hall–Kier alpha value is -2.86. The molecule has 0 atom stereocenters. The van der Waals surface area contributed by atoms with Gasteiger partial charge >= 0.3 is 0 Å². The van der Waals surface area contributed by atoms with Gasteiger partial charge in [0.05, 0.1) is 5.69 Å². The molecule has 0 unspecified atom stereocenters. The van der Waals surface area contributed by atoms with Gasteiger partial charge < -0.3 is 5.32 Å². The Morgan fingerprint density at radius 3 is 2.27 bits per heavy atom. The number of hydrazone groups is 1. The second-order valence-corrected chi connectivity index (χ2v) is 8.03. The SMILES string of the molecule is N#CC(C#N)=NNc1cccc(C(=O)NC23CC4CC(CC(C4)C2)C3)c1. The fraction of sp³-hybridized carbons (Fsp3) is 0.500. The molecular weight excluding hydrogens is 326 g/mol. The van der Waals surface area contributed by atoms with E-state index < -0.39 is 0 Å². The largest absolute Gasteiger partial charge is 0.347 e. The van der Waals surface area contributed by atoms with E-state index in [1.54, 1.807) is 36.4 Å². The number of rotatable bonds is 4. The Kier molecular flexibility index (Phi) is 4.12. The molecule has 1 aromatic carbocycles. The fourth-order valence-electron chi connectivity index (χ4n) is 5.50. The number of nitrogens with one attached hydrogen (secondary N) is 2. The van der Waals surface area contributed by atoms with Gasteiger partial charge in [-0.25, -0.2) is 0 Å².